The fraction of sp³-hybridized carbons (Fsp3) is 1.00. The lowest BCUT2D eigenvalue weighted by atomic mass is 9.75. The molecular weight excluding hydrogens is 219 g/mol. The maximum atomic E-state index is 12.8. The Labute approximate surface area is 94.7 Å². The largest absolute Gasteiger partial charge is 0.391 e. The van der Waals surface area contributed by atoms with Crippen LogP contribution in [-0.4, -0.2) is 29.4 Å². The van der Waals surface area contributed by atoms with E-state index in [0.717, 1.165) is 0 Å². The van der Waals surface area contributed by atoms with Crippen LogP contribution in [0, 0.1) is 5.92 Å². The summed E-state index contributed by atoms with van der Waals surface area (Å²) in [6, 6.07) is 0. The molecule has 0 unspecified atom stereocenters. The first-order valence-corrected chi connectivity index (χ1v) is 5.42. The second-order valence-electron chi connectivity index (χ2n) is 5.75. The normalized spacial score (nSPS) is 27.0. The third kappa shape index (κ3) is 2.51. The van der Waals surface area contributed by atoms with Crippen molar-refractivity contribution in [1.29, 1.82) is 0 Å². The molecule has 1 fully saturated rings. The SMILES string of the molecule is CON1C(C)(C)CC(C(F)(F)F)CC1(C)C. The van der Waals surface area contributed by atoms with Crippen LogP contribution in [0.4, 0.5) is 13.2 Å². The van der Waals surface area contributed by atoms with E-state index in [4.69, 9.17) is 4.84 Å². The van der Waals surface area contributed by atoms with Crippen LogP contribution >= 0.6 is 0 Å². The molecule has 0 aromatic heterocycles. The summed E-state index contributed by atoms with van der Waals surface area (Å²) in [7, 11) is 1.51. The van der Waals surface area contributed by atoms with Crippen molar-refractivity contribution in [3.63, 3.8) is 0 Å². The topological polar surface area (TPSA) is 12.5 Å². The smallest absolute Gasteiger partial charge is 0.301 e. The fourth-order valence-electron chi connectivity index (χ4n) is 2.99. The average Bonchev–Trinajstić information content (AvgIpc) is 1.97. The second-order valence-corrected chi connectivity index (χ2v) is 5.75. The quantitative estimate of drug-likeness (QED) is 0.695. The number of nitrogens with zero attached hydrogens (tertiary/aromatic N) is 1. The van der Waals surface area contributed by atoms with Gasteiger partial charge in [0.15, 0.2) is 0 Å². The van der Waals surface area contributed by atoms with Crippen molar-refractivity contribution in [2.24, 2.45) is 5.92 Å². The minimum Gasteiger partial charge on any atom is -0.301 e. The van der Waals surface area contributed by atoms with Gasteiger partial charge >= 0.3 is 6.18 Å². The zero-order chi connectivity index (χ0) is 12.8. The summed E-state index contributed by atoms with van der Waals surface area (Å²) >= 11 is 0. The first-order chi connectivity index (χ1) is 7.00. The monoisotopic (exact) mass is 239 g/mol. The summed E-state index contributed by atoms with van der Waals surface area (Å²) in [4.78, 5) is 5.25. The van der Waals surface area contributed by atoms with E-state index in [9.17, 15) is 13.2 Å². The highest BCUT2D eigenvalue weighted by atomic mass is 19.4. The Hall–Kier alpha value is -0.290. The molecule has 5 heteroatoms. The van der Waals surface area contributed by atoms with E-state index in [0.29, 0.717) is 0 Å². The van der Waals surface area contributed by atoms with E-state index < -0.39 is 23.2 Å². The van der Waals surface area contributed by atoms with Crippen LogP contribution in [0.5, 0.6) is 0 Å². The van der Waals surface area contributed by atoms with E-state index in [1.807, 2.05) is 0 Å². The van der Waals surface area contributed by atoms with Crippen LogP contribution in [0.1, 0.15) is 40.5 Å². The molecule has 0 spiro atoms. The van der Waals surface area contributed by atoms with Gasteiger partial charge in [-0.15, -0.1) is 0 Å². The van der Waals surface area contributed by atoms with E-state index in [-0.39, 0.29) is 12.8 Å². The van der Waals surface area contributed by atoms with Gasteiger partial charge in [-0.05, 0) is 40.5 Å². The van der Waals surface area contributed by atoms with Crippen LogP contribution in [0.15, 0.2) is 0 Å². The summed E-state index contributed by atoms with van der Waals surface area (Å²) in [5.41, 5.74) is -1.20. The van der Waals surface area contributed by atoms with Crippen molar-refractivity contribution in [3.8, 4) is 0 Å². The van der Waals surface area contributed by atoms with Gasteiger partial charge in [0, 0.05) is 11.1 Å². The molecule has 1 aliphatic rings. The fourth-order valence-corrected chi connectivity index (χ4v) is 2.99. The lowest BCUT2D eigenvalue weighted by Crippen LogP contribution is -2.61. The predicted octanol–water partition coefficient (Wildman–Crippen LogP) is 3.38. The number of halogens is 3. The Morgan fingerprint density at radius 1 is 1.06 bits per heavy atom. The van der Waals surface area contributed by atoms with Crippen molar-refractivity contribution < 1.29 is 18.0 Å². The highest BCUT2D eigenvalue weighted by Gasteiger charge is 2.53. The van der Waals surface area contributed by atoms with E-state index in [1.54, 1.807) is 32.8 Å². The van der Waals surface area contributed by atoms with E-state index in [2.05, 4.69) is 0 Å². The summed E-state index contributed by atoms with van der Waals surface area (Å²) in [6.45, 7) is 7.15. The van der Waals surface area contributed by atoms with Crippen LogP contribution < -0.4 is 0 Å². The number of piperidine rings is 1. The molecule has 1 rings (SSSR count). The van der Waals surface area contributed by atoms with Gasteiger partial charge < -0.3 is 4.84 Å². The lowest BCUT2D eigenvalue weighted by molar-refractivity contribution is -0.298. The third-order valence-electron chi connectivity index (χ3n) is 3.24. The Morgan fingerprint density at radius 3 is 1.69 bits per heavy atom. The Balaban J connectivity index is 2.98. The van der Waals surface area contributed by atoms with E-state index in [1.165, 1.54) is 7.11 Å². The maximum absolute atomic E-state index is 12.8. The van der Waals surface area contributed by atoms with Gasteiger partial charge in [-0.25, -0.2) is 0 Å². The molecule has 1 saturated heterocycles. The van der Waals surface area contributed by atoms with Gasteiger partial charge in [0.25, 0.3) is 0 Å². The van der Waals surface area contributed by atoms with Crippen molar-refractivity contribution in [1.82, 2.24) is 5.06 Å². The molecule has 0 aromatic carbocycles. The maximum Gasteiger partial charge on any atom is 0.391 e. The Morgan fingerprint density at radius 2 is 1.44 bits per heavy atom. The Kier molecular flexibility index (Phi) is 3.34. The van der Waals surface area contributed by atoms with Crippen molar-refractivity contribution in [3.05, 3.63) is 0 Å². The van der Waals surface area contributed by atoms with Crippen molar-refractivity contribution >= 4 is 0 Å². The molecule has 1 heterocycles. The summed E-state index contributed by atoms with van der Waals surface area (Å²) < 4.78 is 38.4. The minimum absolute atomic E-state index is 0.0772. The molecule has 0 aromatic rings. The van der Waals surface area contributed by atoms with Gasteiger partial charge in [0.1, 0.15) is 0 Å². The minimum atomic E-state index is -4.12. The first kappa shape index (κ1) is 13.8. The molecule has 0 amide bonds. The highest BCUT2D eigenvalue weighted by molar-refractivity contribution is 4.98. The van der Waals surface area contributed by atoms with Crippen molar-refractivity contribution in [2.45, 2.75) is 57.8 Å². The van der Waals surface area contributed by atoms with Crippen LogP contribution in [-0.2, 0) is 4.84 Å². The molecule has 1 aliphatic heterocycles. The second kappa shape index (κ2) is 3.88. The Bertz CT molecular complexity index is 242. The molecule has 0 saturated carbocycles. The summed E-state index contributed by atoms with van der Waals surface area (Å²) in [5.74, 6) is -1.25. The molecule has 0 radical (unpaired) electrons. The summed E-state index contributed by atoms with van der Waals surface area (Å²) in [5, 5.41) is 1.68. The molecule has 0 bridgehead atoms. The van der Waals surface area contributed by atoms with Gasteiger partial charge in [0.05, 0.1) is 13.0 Å². The zero-order valence-electron chi connectivity index (χ0n) is 10.5. The molecule has 0 atom stereocenters. The molecule has 2 nitrogen and oxygen atoms in total. The van der Waals surface area contributed by atoms with Crippen LogP contribution in [0.3, 0.4) is 0 Å². The lowest BCUT2D eigenvalue weighted by Gasteiger charge is -2.53. The predicted molar refractivity (Wildman–Crippen MR) is 55.8 cm³/mol. The third-order valence-corrected chi connectivity index (χ3v) is 3.24. The number of hydrogen-bond donors (Lipinski definition) is 0. The molecule has 16 heavy (non-hydrogen) atoms. The van der Waals surface area contributed by atoms with Crippen LogP contribution in [0.25, 0.3) is 0 Å². The van der Waals surface area contributed by atoms with Crippen molar-refractivity contribution in [2.75, 3.05) is 7.11 Å². The number of rotatable bonds is 1. The zero-order valence-corrected chi connectivity index (χ0v) is 10.5. The van der Waals surface area contributed by atoms with Gasteiger partial charge in [-0.3, -0.25) is 0 Å². The summed E-state index contributed by atoms with van der Waals surface area (Å²) in [6.07, 6.45) is -3.96. The van der Waals surface area contributed by atoms with Gasteiger partial charge in [0.2, 0.25) is 0 Å². The van der Waals surface area contributed by atoms with Gasteiger partial charge in [-0.2, -0.15) is 18.2 Å². The van der Waals surface area contributed by atoms with Gasteiger partial charge in [-0.1, -0.05) is 0 Å². The van der Waals surface area contributed by atoms with Crippen LogP contribution in [0.2, 0.25) is 0 Å². The molecule has 0 N–H and O–H groups in total. The molecule has 0 aliphatic carbocycles. The standard InChI is InChI=1S/C11H20F3NO/c1-9(2)6-8(11(12,13)14)7-10(3,4)15(9)16-5/h8H,6-7H2,1-5H3. The highest BCUT2D eigenvalue weighted by Crippen LogP contribution is 2.47. The number of hydrogen-bond acceptors (Lipinski definition) is 2. The average molecular weight is 239 g/mol. The molecule has 96 valence electrons. The first-order valence-electron chi connectivity index (χ1n) is 5.42. The van der Waals surface area contributed by atoms with E-state index >= 15 is 0 Å². The number of hydroxylamine groups is 2. The molecular formula is C11H20F3NO. The number of alkyl halides is 3.